The topological polar surface area (TPSA) is 51.1 Å². The van der Waals surface area contributed by atoms with Crippen molar-refractivity contribution in [2.24, 2.45) is 17.8 Å². The average molecular weight is 497 g/mol. The Labute approximate surface area is 206 Å². The number of anilines is 1. The molecule has 7 heteroatoms. The monoisotopic (exact) mass is 496 g/mol. The number of hydrogen-bond donors (Lipinski definition) is 1. The van der Waals surface area contributed by atoms with Crippen molar-refractivity contribution in [2.75, 3.05) is 5.32 Å². The molecule has 0 radical (unpaired) electrons. The molecule has 1 N–H and O–H groups in total. The summed E-state index contributed by atoms with van der Waals surface area (Å²) in [5.41, 5.74) is 3.08. The number of aromatic nitrogens is 1. The number of carbonyl (C=O) groups is 1. The van der Waals surface area contributed by atoms with E-state index in [1.165, 1.54) is 36.2 Å². The molecule has 2 bridgehead atoms. The van der Waals surface area contributed by atoms with Gasteiger partial charge in [0.1, 0.15) is 6.54 Å². The standard InChI is InChI=1S/C26H25ClN2O2S2/c1-14-3-2-4-19(11-14)28-20(30)13-29-25-24(33-26(29)31)21(15-7-9-18(27)10-8-15)22-16-5-6-17(12-16)23(22)32-25/h2-4,7-11,16-17,21-23H,5-6,12-13H2,1H3,(H,28,30)/t16?,17?,21-,22?,23?/m1/s1. The third kappa shape index (κ3) is 3.76. The molecule has 4 nitrogen and oxygen atoms in total. The van der Waals surface area contributed by atoms with Gasteiger partial charge in [0.05, 0.1) is 5.03 Å². The van der Waals surface area contributed by atoms with Crippen molar-refractivity contribution < 1.29 is 4.79 Å². The van der Waals surface area contributed by atoms with E-state index in [9.17, 15) is 9.59 Å². The number of rotatable bonds is 4. The lowest BCUT2D eigenvalue weighted by atomic mass is 9.75. The molecule has 2 aromatic carbocycles. The van der Waals surface area contributed by atoms with Gasteiger partial charge in [-0.15, -0.1) is 11.8 Å². The molecule has 2 aliphatic carbocycles. The van der Waals surface area contributed by atoms with E-state index < -0.39 is 0 Å². The summed E-state index contributed by atoms with van der Waals surface area (Å²) in [6.45, 7) is 2.04. The molecule has 33 heavy (non-hydrogen) atoms. The van der Waals surface area contributed by atoms with Crippen molar-refractivity contribution in [1.29, 1.82) is 0 Å². The van der Waals surface area contributed by atoms with Crippen LogP contribution in [0.5, 0.6) is 0 Å². The number of thioether (sulfide) groups is 1. The summed E-state index contributed by atoms with van der Waals surface area (Å²) >= 11 is 9.37. The minimum Gasteiger partial charge on any atom is -0.325 e. The van der Waals surface area contributed by atoms with E-state index in [4.69, 9.17) is 11.6 Å². The molecule has 6 rings (SSSR count). The smallest absolute Gasteiger partial charge is 0.308 e. The van der Waals surface area contributed by atoms with E-state index in [-0.39, 0.29) is 23.2 Å². The summed E-state index contributed by atoms with van der Waals surface area (Å²) in [7, 11) is 0. The molecule has 2 saturated carbocycles. The van der Waals surface area contributed by atoms with Crippen molar-refractivity contribution in [1.82, 2.24) is 4.57 Å². The van der Waals surface area contributed by atoms with Crippen LogP contribution >= 0.6 is 34.7 Å². The van der Waals surface area contributed by atoms with Gasteiger partial charge in [0.25, 0.3) is 0 Å². The van der Waals surface area contributed by atoms with E-state index >= 15 is 0 Å². The molecule has 3 aromatic rings. The van der Waals surface area contributed by atoms with Crippen LogP contribution in [0.2, 0.25) is 5.02 Å². The molecule has 4 unspecified atom stereocenters. The van der Waals surface area contributed by atoms with Crippen molar-refractivity contribution in [3.63, 3.8) is 0 Å². The number of thiazole rings is 1. The molecule has 170 valence electrons. The number of amides is 1. The Morgan fingerprint density at radius 1 is 1.15 bits per heavy atom. The summed E-state index contributed by atoms with van der Waals surface area (Å²) in [4.78, 5) is 27.1. The molecular formula is C26H25ClN2O2S2. The van der Waals surface area contributed by atoms with E-state index in [2.05, 4.69) is 17.4 Å². The van der Waals surface area contributed by atoms with Crippen LogP contribution in [-0.4, -0.2) is 15.7 Å². The predicted molar refractivity (Wildman–Crippen MR) is 136 cm³/mol. The molecule has 2 fully saturated rings. The molecule has 1 aliphatic heterocycles. The molecule has 0 spiro atoms. The first-order chi connectivity index (χ1) is 16.0. The van der Waals surface area contributed by atoms with Gasteiger partial charge in [-0.1, -0.05) is 47.2 Å². The Bertz CT molecular complexity index is 1280. The number of nitrogens with one attached hydrogen (secondary N) is 1. The summed E-state index contributed by atoms with van der Waals surface area (Å²) in [5.74, 6) is 2.02. The Hall–Kier alpha value is -2.02. The largest absolute Gasteiger partial charge is 0.325 e. The first kappa shape index (κ1) is 21.5. The second kappa shape index (κ2) is 8.33. The van der Waals surface area contributed by atoms with Crippen molar-refractivity contribution >= 4 is 46.3 Å². The van der Waals surface area contributed by atoms with Gasteiger partial charge in [0.15, 0.2) is 0 Å². The maximum atomic E-state index is 13.1. The number of carbonyl (C=O) groups excluding carboxylic acids is 1. The number of fused-ring (bicyclic) bond motifs is 6. The van der Waals surface area contributed by atoms with E-state index in [1.54, 1.807) is 4.57 Å². The molecule has 2 heterocycles. The van der Waals surface area contributed by atoms with Crippen LogP contribution in [0.3, 0.4) is 0 Å². The Kier molecular flexibility index (Phi) is 5.43. The van der Waals surface area contributed by atoms with Crippen molar-refractivity contribution in [3.8, 4) is 0 Å². The lowest BCUT2D eigenvalue weighted by Gasteiger charge is -2.40. The Morgan fingerprint density at radius 2 is 1.94 bits per heavy atom. The van der Waals surface area contributed by atoms with Gasteiger partial charge in [-0.2, -0.15) is 0 Å². The summed E-state index contributed by atoms with van der Waals surface area (Å²) in [6, 6.07) is 15.9. The normalized spacial score (nSPS) is 27.3. The summed E-state index contributed by atoms with van der Waals surface area (Å²) in [6.07, 6.45) is 3.86. The molecule has 5 atom stereocenters. The van der Waals surface area contributed by atoms with Crippen LogP contribution in [0.15, 0.2) is 58.4 Å². The van der Waals surface area contributed by atoms with Crippen LogP contribution in [0.4, 0.5) is 5.69 Å². The van der Waals surface area contributed by atoms with Crippen LogP contribution < -0.4 is 10.2 Å². The second-order valence-corrected chi connectivity index (χ2v) is 12.2. The minimum absolute atomic E-state index is 0.0434. The number of aryl methyl sites for hydroxylation is 1. The number of hydrogen-bond acceptors (Lipinski definition) is 4. The molecular weight excluding hydrogens is 472 g/mol. The first-order valence-electron chi connectivity index (χ1n) is 11.5. The third-order valence-electron chi connectivity index (χ3n) is 7.52. The lowest BCUT2D eigenvalue weighted by molar-refractivity contribution is -0.116. The average Bonchev–Trinajstić information content (AvgIpc) is 3.48. The Balaban J connectivity index is 1.37. The summed E-state index contributed by atoms with van der Waals surface area (Å²) < 4.78 is 1.71. The second-order valence-electron chi connectivity index (χ2n) is 9.56. The number of halogens is 1. The number of nitrogens with zero attached hydrogens (tertiary/aromatic N) is 1. The SMILES string of the molecule is Cc1cccc(NC(=O)Cn2c3c(sc2=O)[C@H](c2ccc(Cl)cc2)C2C4CCC(C4)C2S3)c1. The fourth-order valence-electron chi connectivity index (χ4n) is 6.20. The fourth-order valence-corrected chi connectivity index (χ4v) is 9.47. The zero-order valence-electron chi connectivity index (χ0n) is 18.3. The Morgan fingerprint density at radius 3 is 2.73 bits per heavy atom. The van der Waals surface area contributed by atoms with Crippen LogP contribution in [0, 0.1) is 24.7 Å². The lowest BCUT2D eigenvalue weighted by Crippen LogP contribution is -2.34. The highest BCUT2D eigenvalue weighted by atomic mass is 35.5. The van der Waals surface area contributed by atoms with Gasteiger partial charge >= 0.3 is 4.87 Å². The van der Waals surface area contributed by atoms with Crippen LogP contribution in [0.25, 0.3) is 0 Å². The summed E-state index contributed by atoms with van der Waals surface area (Å²) in [5, 5.41) is 5.20. The van der Waals surface area contributed by atoms with E-state index in [1.807, 2.05) is 55.1 Å². The third-order valence-corrected chi connectivity index (χ3v) is 10.6. The van der Waals surface area contributed by atoms with Crippen molar-refractivity contribution in [2.45, 2.75) is 48.9 Å². The van der Waals surface area contributed by atoms with Gasteiger partial charge in [0, 0.05) is 26.8 Å². The van der Waals surface area contributed by atoms with Gasteiger partial charge in [-0.3, -0.25) is 14.2 Å². The maximum absolute atomic E-state index is 13.1. The van der Waals surface area contributed by atoms with Crippen LogP contribution in [0.1, 0.15) is 41.2 Å². The van der Waals surface area contributed by atoms with Gasteiger partial charge in [-0.05, 0) is 79.3 Å². The highest BCUT2D eigenvalue weighted by Gasteiger charge is 2.55. The highest BCUT2D eigenvalue weighted by molar-refractivity contribution is 8.00. The van der Waals surface area contributed by atoms with Gasteiger partial charge in [-0.25, -0.2) is 0 Å². The molecule has 1 aromatic heterocycles. The quantitative estimate of drug-likeness (QED) is 0.470. The van der Waals surface area contributed by atoms with E-state index in [0.717, 1.165) is 32.1 Å². The molecule has 3 aliphatic rings. The van der Waals surface area contributed by atoms with Gasteiger partial charge < -0.3 is 5.32 Å². The van der Waals surface area contributed by atoms with Crippen LogP contribution in [-0.2, 0) is 11.3 Å². The first-order valence-corrected chi connectivity index (χ1v) is 13.6. The van der Waals surface area contributed by atoms with Crippen molar-refractivity contribution in [3.05, 3.63) is 79.2 Å². The molecule has 0 saturated heterocycles. The van der Waals surface area contributed by atoms with E-state index in [0.29, 0.717) is 17.1 Å². The predicted octanol–water partition coefficient (Wildman–Crippen LogP) is 6.16. The minimum atomic E-state index is -0.165. The molecule has 1 amide bonds. The zero-order valence-corrected chi connectivity index (χ0v) is 20.7. The number of benzene rings is 2. The van der Waals surface area contributed by atoms with Gasteiger partial charge in [0.2, 0.25) is 5.91 Å². The zero-order chi connectivity index (χ0) is 22.7. The fraction of sp³-hybridized carbons (Fsp3) is 0.385. The maximum Gasteiger partial charge on any atom is 0.308 e. The highest BCUT2D eigenvalue weighted by Crippen LogP contribution is 2.64.